The standard InChI is InChI=1S/C10H13BrFNO/c1-6(13)4-10(14)7-2-3-9(12)8(11)5-7/h2-3,5-6,10,14H,4,13H2,1H3. The molecule has 0 aliphatic carbocycles. The number of nitrogens with two attached hydrogens (primary N) is 1. The summed E-state index contributed by atoms with van der Waals surface area (Å²) in [6.07, 6.45) is -0.162. The summed E-state index contributed by atoms with van der Waals surface area (Å²) in [5, 5.41) is 9.68. The molecule has 2 unspecified atom stereocenters. The van der Waals surface area contributed by atoms with Crippen LogP contribution in [0.25, 0.3) is 0 Å². The molecular formula is C10H13BrFNO. The van der Waals surface area contributed by atoms with Gasteiger partial charge >= 0.3 is 0 Å². The van der Waals surface area contributed by atoms with Crippen LogP contribution >= 0.6 is 15.9 Å². The van der Waals surface area contributed by atoms with Crippen LogP contribution in [0.2, 0.25) is 0 Å². The first-order chi connectivity index (χ1) is 6.50. The van der Waals surface area contributed by atoms with Crippen molar-refractivity contribution in [1.82, 2.24) is 0 Å². The molecule has 0 saturated heterocycles. The lowest BCUT2D eigenvalue weighted by Gasteiger charge is -2.13. The van der Waals surface area contributed by atoms with Crippen LogP contribution in [0.3, 0.4) is 0 Å². The van der Waals surface area contributed by atoms with Crippen molar-refractivity contribution in [2.24, 2.45) is 5.73 Å². The monoisotopic (exact) mass is 261 g/mol. The highest BCUT2D eigenvalue weighted by Gasteiger charge is 2.11. The number of aliphatic hydroxyl groups excluding tert-OH is 1. The van der Waals surface area contributed by atoms with Crippen molar-refractivity contribution >= 4 is 15.9 Å². The summed E-state index contributed by atoms with van der Waals surface area (Å²) in [4.78, 5) is 0. The van der Waals surface area contributed by atoms with Crippen LogP contribution in [0.5, 0.6) is 0 Å². The van der Waals surface area contributed by atoms with Crippen molar-refractivity contribution in [2.75, 3.05) is 0 Å². The molecule has 2 atom stereocenters. The molecule has 78 valence electrons. The van der Waals surface area contributed by atoms with E-state index < -0.39 is 6.10 Å². The molecule has 0 spiro atoms. The Morgan fingerprint density at radius 2 is 2.21 bits per heavy atom. The first-order valence-corrected chi connectivity index (χ1v) is 5.18. The molecule has 0 aliphatic rings. The van der Waals surface area contributed by atoms with Gasteiger partial charge in [-0.1, -0.05) is 6.07 Å². The fourth-order valence-electron chi connectivity index (χ4n) is 1.21. The predicted molar refractivity (Wildman–Crippen MR) is 57.3 cm³/mol. The molecule has 0 heterocycles. The molecule has 0 fully saturated rings. The zero-order valence-corrected chi connectivity index (χ0v) is 9.46. The molecule has 0 bridgehead atoms. The Morgan fingerprint density at radius 3 is 2.71 bits per heavy atom. The van der Waals surface area contributed by atoms with Gasteiger partial charge in [-0.05, 0) is 47.0 Å². The van der Waals surface area contributed by atoms with E-state index in [1.807, 2.05) is 6.92 Å². The number of halogens is 2. The van der Waals surface area contributed by atoms with Crippen LogP contribution in [0.15, 0.2) is 22.7 Å². The lowest BCUT2D eigenvalue weighted by molar-refractivity contribution is 0.160. The average Bonchev–Trinajstić information content (AvgIpc) is 2.08. The van der Waals surface area contributed by atoms with Gasteiger partial charge in [0, 0.05) is 6.04 Å². The van der Waals surface area contributed by atoms with Gasteiger partial charge in [-0.3, -0.25) is 0 Å². The highest BCUT2D eigenvalue weighted by molar-refractivity contribution is 9.10. The van der Waals surface area contributed by atoms with E-state index in [1.54, 1.807) is 12.1 Å². The summed E-state index contributed by atoms with van der Waals surface area (Å²) in [7, 11) is 0. The first kappa shape index (κ1) is 11.6. The van der Waals surface area contributed by atoms with Crippen LogP contribution in [0.4, 0.5) is 4.39 Å². The second-order valence-corrected chi connectivity index (χ2v) is 4.26. The topological polar surface area (TPSA) is 46.2 Å². The first-order valence-electron chi connectivity index (χ1n) is 4.39. The van der Waals surface area contributed by atoms with E-state index in [9.17, 15) is 9.50 Å². The maximum atomic E-state index is 12.9. The molecule has 0 aliphatic heterocycles. The zero-order valence-electron chi connectivity index (χ0n) is 7.87. The molecule has 4 heteroatoms. The van der Waals surface area contributed by atoms with Crippen molar-refractivity contribution in [1.29, 1.82) is 0 Å². The summed E-state index contributed by atoms with van der Waals surface area (Å²) >= 11 is 3.06. The van der Waals surface area contributed by atoms with Crippen LogP contribution in [-0.4, -0.2) is 11.1 Å². The Labute approximate surface area is 91.1 Å². The number of rotatable bonds is 3. The van der Waals surface area contributed by atoms with Gasteiger partial charge in [-0.25, -0.2) is 4.39 Å². The fourth-order valence-corrected chi connectivity index (χ4v) is 1.60. The Bertz CT molecular complexity index is 317. The third-order valence-corrected chi connectivity index (χ3v) is 2.53. The normalized spacial score (nSPS) is 15.2. The maximum Gasteiger partial charge on any atom is 0.137 e. The maximum absolute atomic E-state index is 12.9. The predicted octanol–water partition coefficient (Wildman–Crippen LogP) is 2.36. The summed E-state index contributed by atoms with van der Waals surface area (Å²) in [5.41, 5.74) is 6.23. The molecule has 1 aromatic carbocycles. The second kappa shape index (κ2) is 4.87. The molecule has 0 radical (unpaired) electrons. The Hall–Kier alpha value is -0.450. The minimum absolute atomic E-state index is 0.0752. The number of hydrogen-bond acceptors (Lipinski definition) is 2. The largest absolute Gasteiger partial charge is 0.388 e. The molecule has 3 N–H and O–H groups in total. The van der Waals surface area contributed by atoms with Gasteiger partial charge in [0.05, 0.1) is 10.6 Å². The van der Waals surface area contributed by atoms with Crippen molar-refractivity contribution in [3.05, 3.63) is 34.1 Å². The van der Waals surface area contributed by atoms with Crippen LogP contribution < -0.4 is 5.73 Å². The molecule has 14 heavy (non-hydrogen) atoms. The average molecular weight is 262 g/mol. The van der Waals surface area contributed by atoms with E-state index >= 15 is 0 Å². The lowest BCUT2D eigenvalue weighted by atomic mass is 10.0. The van der Waals surface area contributed by atoms with Crippen LogP contribution in [0, 0.1) is 5.82 Å². The molecule has 0 amide bonds. The van der Waals surface area contributed by atoms with Crippen LogP contribution in [0.1, 0.15) is 25.0 Å². The number of hydrogen-bond donors (Lipinski definition) is 2. The van der Waals surface area contributed by atoms with Crippen molar-refractivity contribution in [3.63, 3.8) is 0 Å². The van der Waals surface area contributed by atoms with Gasteiger partial charge < -0.3 is 10.8 Å². The zero-order chi connectivity index (χ0) is 10.7. The van der Waals surface area contributed by atoms with E-state index in [1.165, 1.54) is 6.07 Å². The Morgan fingerprint density at radius 1 is 1.57 bits per heavy atom. The summed E-state index contributed by atoms with van der Waals surface area (Å²) in [6.45, 7) is 1.82. The van der Waals surface area contributed by atoms with Gasteiger partial charge in [0.2, 0.25) is 0 Å². The minimum atomic E-state index is -0.633. The highest BCUT2D eigenvalue weighted by Crippen LogP contribution is 2.23. The van der Waals surface area contributed by atoms with E-state index in [0.717, 1.165) is 0 Å². The molecule has 0 aromatic heterocycles. The number of benzene rings is 1. The van der Waals surface area contributed by atoms with Gasteiger partial charge in [0.15, 0.2) is 0 Å². The van der Waals surface area contributed by atoms with E-state index in [2.05, 4.69) is 15.9 Å². The van der Waals surface area contributed by atoms with E-state index in [0.29, 0.717) is 16.5 Å². The SMILES string of the molecule is CC(N)CC(O)c1ccc(F)c(Br)c1. The molecule has 2 nitrogen and oxygen atoms in total. The van der Waals surface area contributed by atoms with Crippen molar-refractivity contribution in [3.8, 4) is 0 Å². The molecular weight excluding hydrogens is 249 g/mol. The quantitative estimate of drug-likeness (QED) is 0.878. The molecule has 1 rings (SSSR count). The van der Waals surface area contributed by atoms with Gasteiger partial charge in [0.25, 0.3) is 0 Å². The summed E-state index contributed by atoms with van der Waals surface area (Å²) < 4.78 is 13.2. The van der Waals surface area contributed by atoms with E-state index in [4.69, 9.17) is 5.73 Å². The van der Waals surface area contributed by atoms with Gasteiger partial charge in [-0.15, -0.1) is 0 Å². The van der Waals surface area contributed by atoms with Crippen LogP contribution in [-0.2, 0) is 0 Å². The smallest absolute Gasteiger partial charge is 0.137 e. The third kappa shape index (κ3) is 3.04. The minimum Gasteiger partial charge on any atom is -0.388 e. The molecule has 0 saturated carbocycles. The Kier molecular flexibility index (Phi) is 4.04. The fraction of sp³-hybridized carbons (Fsp3) is 0.400. The van der Waals surface area contributed by atoms with Gasteiger partial charge in [0.1, 0.15) is 5.82 Å². The van der Waals surface area contributed by atoms with E-state index in [-0.39, 0.29) is 11.9 Å². The van der Waals surface area contributed by atoms with Gasteiger partial charge in [-0.2, -0.15) is 0 Å². The second-order valence-electron chi connectivity index (χ2n) is 3.40. The summed E-state index contributed by atoms with van der Waals surface area (Å²) in [5.74, 6) is -0.332. The number of aliphatic hydroxyl groups is 1. The highest BCUT2D eigenvalue weighted by atomic mass is 79.9. The lowest BCUT2D eigenvalue weighted by Crippen LogP contribution is -2.18. The molecule has 1 aromatic rings. The van der Waals surface area contributed by atoms with Crippen molar-refractivity contribution in [2.45, 2.75) is 25.5 Å². The summed E-state index contributed by atoms with van der Waals surface area (Å²) in [6, 6.07) is 4.38. The Balaban J connectivity index is 2.80. The van der Waals surface area contributed by atoms with Crippen molar-refractivity contribution < 1.29 is 9.50 Å². The third-order valence-electron chi connectivity index (χ3n) is 1.92.